The normalized spacial score (nSPS) is 13.4. The van der Waals surface area contributed by atoms with Gasteiger partial charge in [-0.3, -0.25) is 4.57 Å². The predicted molar refractivity (Wildman–Crippen MR) is 79.4 cm³/mol. The van der Waals surface area contributed by atoms with Crippen molar-refractivity contribution in [1.82, 2.24) is 9.55 Å². The van der Waals surface area contributed by atoms with Crippen LogP contribution < -0.4 is 0 Å². The van der Waals surface area contributed by atoms with Gasteiger partial charge in [-0.15, -0.1) is 0 Å². The third-order valence-corrected chi connectivity index (χ3v) is 3.61. The van der Waals surface area contributed by atoms with Crippen LogP contribution in [0.1, 0.15) is 40.2 Å². The van der Waals surface area contributed by atoms with Gasteiger partial charge >= 0.3 is 0 Å². The minimum Gasteiger partial charge on any atom is -0.294 e. The molecule has 1 heterocycles. The van der Waals surface area contributed by atoms with Crippen LogP contribution in [-0.4, -0.2) is 9.55 Å². The van der Waals surface area contributed by atoms with E-state index in [1.807, 2.05) is 13.8 Å². The first-order chi connectivity index (χ1) is 9.12. The maximum absolute atomic E-state index is 8.01. The van der Waals surface area contributed by atoms with Crippen LogP contribution >= 0.6 is 15.9 Å². The van der Waals surface area contributed by atoms with E-state index >= 15 is 0 Å². The maximum Gasteiger partial charge on any atom is 0.181 e. The summed E-state index contributed by atoms with van der Waals surface area (Å²) in [5.41, 5.74) is 4.46. The second-order valence-corrected chi connectivity index (χ2v) is 6.36. The van der Waals surface area contributed by atoms with E-state index in [1.165, 1.54) is 5.56 Å². The van der Waals surface area contributed by atoms with Crippen LogP contribution in [0, 0.1) is 13.8 Å². The molecule has 0 bridgehead atoms. The smallest absolute Gasteiger partial charge is 0.181 e. The molecule has 0 unspecified atom stereocenters. The van der Waals surface area contributed by atoms with Crippen LogP contribution in [0.15, 0.2) is 29.2 Å². The molecular weight excluding hydrogens is 288 g/mol. The average molecular weight is 309 g/mol. The van der Waals surface area contributed by atoms with Gasteiger partial charge in [-0.25, -0.2) is 4.98 Å². The van der Waals surface area contributed by atoms with Gasteiger partial charge in [0.25, 0.3) is 0 Å². The van der Waals surface area contributed by atoms with Gasteiger partial charge in [0, 0.05) is 12.3 Å². The summed E-state index contributed by atoms with van der Waals surface area (Å²) in [6.07, 6.45) is 0.0853. The van der Waals surface area contributed by atoms with Crippen molar-refractivity contribution < 1.29 is 2.74 Å². The largest absolute Gasteiger partial charge is 0.294 e. The monoisotopic (exact) mass is 308 g/mol. The van der Waals surface area contributed by atoms with Gasteiger partial charge in [-0.2, -0.15) is 0 Å². The first-order valence-corrected chi connectivity index (χ1v) is 6.75. The molecule has 0 fully saturated rings. The van der Waals surface area contributed by atoms with Gasteiger partial charge < -0.3 is 0 Å². The lowest BCUT2D eigenvalue weighted by Gasteiger charge is -2.22. The molecule has 3 heteroatoms. The van der Waals surface area contributed by atoms with E-state index in [9.17, 15) is 0 Å². The van der Waals surface area contributed by atoms with Crippen LogP contribution in [0.2, 0.25) is 0 Å². The lowest BCUT2D eigenvalue weighted by atomic mass is 9.85. The fourth-order valence-corrected chi connectivity index (χ4v) is 2.46. The SMILES string of the molecule is [2H]c1nc(Br)n(-c2c(C)cc(C(C)(C)C)cc2C)c1[2H]. The van der Waals surface area contributed by atoms with Gasteiger partial charge in [0.1, 0.15) is 0 Å². The van der Waals surface area contributed by atoms with Crippen molar-refractivity contribution in [2.24, 2.45) is 0 Å². The molecule has 96 valence electrons. The van der Waals surface area contributed by atoms with Crippen LogP contribution in [0.3, 0.4) is 0 Å². The molecule has 0 atom stereocenters. The van der Waals surface area contributed by atoms with Gasteiger partial charge in [-0.1, -0.05) is 32.9 Å². The van der Waals surface area contributed by atoms with E-state index in [-0.39, 0.29) is 17.8 Å². The van der Waals surface area contributed by atoms with E-state index in [4.69, 9.17) is 2.74 Å². The minimum absolute atomic E-state index is 0.0180. The fraction of sp³-hybridized carbons (Fsp3) is 0.400. The molecule has 0 N–H and O–H groups in total. The number of rotatable bonds is 1. The Labute approximate surface area is 120 Å². The Morgan fingerprint density at radius 2 is 1.78 bits per heavy atom. The number of hydrogen-bond acceptors (Lipinski definition) is 1. The Bertz CT molecular complexity index is 646. The van der Waals surface area contributed by atoms with Crippen LogP contribution in [0.4, 0.5) is 0 Å². The molecule has 2 nitrogen and oxygen atoms in total. The Morgan fingerprint density at radius 1 is 1.22 bits per heavy atom. The molecule has 0 radical (unpaired) electrons. The van der Waals surface area contributed by atoms with Crippen molar-refractivity contribution in [3.63, 3.8) is 0 Å². The zero-order chi connectivity index (χ0) is 15.2. The summed E-state index contributed by atoms with van der Waals surface area (Å²) in [7, 11) is 0. The zero-order valence-corrected chi connectivity index (χ0v) is 13.0. The first kappa shape index (κ1) is 10.8. The highest BCUT2D eigenvalue weighted by Crippen LogP contribution is 2.29. The molecule has 0 aliphatic rings. The number of hydrogen-bond donors (Lipinski definition) is 0. The van der Waals surface area contributed by atoms with E-state index in [0.717, 1.165) is 16.8 Å². The van der Waals surface area contributed by atoms with E-state index in [0.29, 0.717) is 4.73 Å². The number of nitrogens with zero attached hydrogens (tertiary/aromatic N) is 2. The highest BCUT2D eigenvalue weighted by atomic mass is 79.9. The second kappa shape index (κ2) is 4.54. The van der Waals surface area contributed by atoms with E-state index in [2.05, 4.69) is 53.8 Å². The lowest BCUT2D eigenvalue weighted by molar-refractivity contribution is 0.589. The molecule has 0 amide bonds. The Balaban J connectivity index is 2.71. The maximum atomic E-state index is 8.01. The highest BCUT2D eigenvalue weighted by Gasteiger charge is 2.17. The number of halogens is 1. The molecular formula is C15H19BrN2. The molecule has 1 aromatic carbocycles. The summed E-state index contributed by atoms with van der Waals surface area (Å²) in [6.45, 7) is 10.6. The van der Waals surface area contributed by atoms with Crippen LogP contribution in [0.5, 0.6) is 0 Å². The zero-order valence-electron chi connectivity index (χ0n) is 13.4. The molecule has 0 spiro atoms. The van der Waals surface area contributed by atoms with Crippen LogP contribution in [0.25, 0.3) is 5.69 Å². The van der Waals surface area contributed by atoms with Crippen molar-refractivity contribution in [3.8, 4) is 5.69 Å². The summed E-state index contributed by atoms with van der Waals surface area (Å²) >= 11 is 3.34. The van der Waals surface area contributed by atoms with Crippen molar-refractivity contribution in [3.05, 3.63) is 45.9 Å². The van der Waals surface area contributed by atoms with Crippen molar-refractivity contribution in [1.29, 1.82) is 0 Å². The van der Waals surface area contributed by atoms with Crippen molar-refractivity contribution in [2.45, 2.75) is 40.0 Å². The Morgan fingerprint density at radius 3 is 2.17 bits per heavy atom. The molecule has 18 heavy (non-hydrogen) atoms. The van der Waals surface area contributed by atoms with Crippen molar-refractivity contribution in [2.75, 3.05) is 0 Å². The summed E-state index contributed by atoms with van der Waals surface area (Å²) < 4.78 is 17.9. The second-order valence-electron chi connectivity index (χ2n) is 5.65. The number of aromatic nitrogens is 2. The van der Waals surface area contributed by atoms with E-state index < -0.39 is 0 Å². The molecule has 2 rings (SSSR count). The van der Waals surface area contributed by atoms with Gasteiger partial charge in [0.05, 0.1) is 8.43 Å². The summed E-state index contributed by atoms with van der Waals surface area (Å²) in [4.78, 5) is 4.00. The molecule has 0 saturated heterocycles. The summed E-state index contributed by atoms with van der Waals surface area (Å²) in [5, 5.41) is 0. The van der Waals surface area contributed by atoms with Gasteiger partial charge in [-0.05, 0) is 51.9 Å². The number of imidazole rings is 1. The topological polar surface area (TPSA) is 17.8 Å². The minimum atomic E-state index is -0.0180. The molecule has 0 aliphatic carbocycles. The first-order valence-electron chi connectivity index (χ1n) is 6.96. The Kier molecular flexibility index (Phi) is 2.72. The quantitative estimate of drug-likeness (QED) is 0.755. The Hall–Kier alpha value is -1.09. The standard InChI is InChI=1S/C15H19BrN2/c1-10-8-12(15(3,4)5)9-11(2)13(10)18-7-6-17-14(18)16/h6-9H,1-5H3/i6D,7D. The number of aryl methyl sites for hydroxylation is 2. The molecule has 2 aromatic rings. The third kappa shape index (κ3) is 2.37. The lowest BCUT2D eigenvalue weighted by Crippen LogP contribution is -2.13. The summed E-state index contributed by atoms with van der Waals surface area (Å²) in [5.74, 6) is 0. The molecule has 0 aliphatic heterocycles. The van der Waals surface area contributed by atoms with Crippen LogP contribution in [-0.2, 0) is 5.41 Å². The summed E-state index contributed by atoms with van der Waals surface area (Å²) in [6, 6.07) is 4.30. The van der Waals surface area contributed by atoms with Gasteiger partial charge in [0.15, 0.2) is 4.73 Å². The average Bonchev–Trinajstić information content (AvgIpc) is 2.53. The van der Waals surface area contributed by atoms with Crippen molar-refractivity contribution >= 4 is 15.9 Å². The molecule has 1 aromatic heterocycles. The third-order valence-electron chi connectivity index (χ3n) is 3.08. The van der Waals surface area contributed by atoms with Gasteiger partial charge in [0.2, 0.25) is 0 Å². The highest BCUT2D eigenvalue weighted by molar-refractivity contribution is 9.10. The molecule has 0 saturated carbocycles. The van der Waals surface area contributed by atoms with E-state index in [1.54, 1.807) is 4.57 Å². The predicted octanol–water partition coefficient (Wildman–Crippen LogP) is 4.55. The fourth-order valence-electron chi connectivity index (χ4n) is 2.11. The number of benzene rings is 1.